The molecule has 0 radical (unpaired) electrons. The van der Waals surface area contributed by atoms with Crippen LogP contribution in [0.15, 0.2) is 41.4 Å². The summed E-state index contributed by atoms with van der Waals surface area (Å²) in [4.78, 5) is 21.9. The minimum atomic E-state index is -0.0128. The number of morpholine rings is 1. The van der Waals surface area contributed by atoms with Crippen molar-refractivity contribution in [3.63, 3.8) is 0 Å². The summed E-state index contributed by atoms with van der Waals surface area (Å²) in [6.07, 6.45) is 3.68. The topological polar surface area (TPSA) is 45.7 Å². The van der Waals surface area contributed by atoms with Crippen molar-refractivity contribution in [2.45, 2.75) is 0 Å². The number of pyridine rings is 1. The average molecular weight is 386 g/mol. The lowest BCUT2D eigenvalue weighted by atomic mass is 10.1. The van der Waals surface area contributed by atoms with Gasteiger partial charge in [0, 0.05) is 43.3 Å². The van der Waals surface area contributed by atoms with E-state index < -0.39 is 0 Å². The van der Waals surface area contributed by atoms with E-state index in [2.05, 4.69) is 9.88 Å². The van der Waals surface area contributed by atoms with Gasteiger partial charge in [0.25, 0.3) is 5.91 Å². The van der Waals surface area contributed by atoms with Crippen LogP contribution in [0.3, 0.4) is 0 Å². The molecule has 1 amide bonds. The van der Waals surface area contributed by atoms with Crippen molar-refractivity contribution in [2.24, 2.45) is 0 Å². The third-order valence-corrected chi connectivity index (χ3v) is 5.95. The number of carbonyl (C=O) groups is 1. The van der Waals surface area contributed by atoms with Gasteiger partial charge < -0.3 is 4.74 Å². The Balaban J connectivity index is 1.51. The molecule has 7 heteroatoms. The van der Waals surface area contributed by atoms with Gasteiger partial charge in [-0.1, -0.05) is 48.2 Å². The Bertz CT molecular complexity index is 873. The van der Waals surface area contributed by atoms with Crippen molar-refractivity contribution in [3.8, 4) is 0 Å². The highest BCUT2D eigenvalue weighted by Gasteiger charge is 2.32. The van der Waals surface area contributed by atoms with Gasteiger partial charge in [-0.15, -0.1) is 0 Å². The van der Waals surface area contributed by atoms with Gasteiger partial charge in [-0.05, 0) is 12.1 Å². The van der Waals surface area contributed by atoms with Crippen molar-refractivity contribution in [2.75, 3.05) is 39.4 Å². The molecule has 2 aliphatic rings. The zero-order chi connectivity index (χ0) is 17.9. The number of thiocarbonyl (C=S) groups is 1. The summed E-state index contributed by atoms with van der Waals surface area (Å²) >= 11 is 6.81. The van der Waals surface area contributed by atoms with Crippen LogP contribution in [0.2, 0.25) is 0 Å². The average Bonchev–Trinajstić information content (AvgIpc) is 2.94. The number of fused-ring (bicyclic) bond motifs is 1. The number of aromatic nitrogens is 1. The first kappa shape index (κ1) is 17.6. The maximum atomic E-state index is 12.8. The van der Waals surface area contributed by atoms with Crippen LogP contribution in [-0.4, -0.2) is 64.4 Å². The molecule has 0 unspecified atom stereocenters. The summed E-state index contributed by atoms with van der Waals surface area (Å²) < 4.78 is 5.99. The number of para-hydroxylation sites is 1. The first-order valence-electron chi connectivity index (χ1n) is 8.61. The fourth-order valence-electron chi connectivity index (χ4n) is 3.14. The number of ether oxygens (including phenoxy) is 1. The molecule has 134 valence electrons. The minimum Gasteiger partial charge on any atom is -0.379 e. The van der Waals surface area contributed by atoms with E-state index in [-0.39, 0.29) is 5.91 Å². The van der Waals surface area contributed by atoms with Crippen LogP contribution < -0.4 is 0 Å². The lowest BCUT2D eigenvalue weighted by molar-refractivity contribution is -0.122. The second-order valence-corrected chi connectivity index (χ2v) is 7.89. The van der Waals surface area contributed by atoms with E-state index in [0.29, 0.717) is 15.8 Å². The molecule has 0 atom stereocenters. The largest absolute Gasteiger partial charge is 0.379 e. The van der Waals surface area contributed by atoms with E-state index in [0.717, 1.165) is 49.3 Å². The Kier molecular flexibility index (Phi) is 5.31. The maximum absolute atomic E-state index is 12.8. The summed E-state index contributed by atoms with van der Waals surface area (Å²) in [6.45, 7) is 4.77. The number of benzene rings is 1. The number of hydrogen-bond donors (Lipinski definition) is 0. The van der Waals surface area contributed by atoms with Crippen LogP contribution in [0.5, 0.6) is 0 Å². The number of rotatable bonds is 4. The third-order valence-electron chi connectivity index (χ3n) is 4.57. The highest BCUT2D eigenvalue weighted by molar-refractivity contribution is 8.26. The molecule has 0 bridgehead atoms. The molecule has 2 fully saturated rings. The smallest absolute Gasteiger partial charge is 0.266 e. The van der Waals surface area contributed by atoms with Gasteiger partial charge in [0.1, 0.15) is 4.32 Å². The fourth-order valence-corrected chi connectivity index (χ4v) is 4.44. The van der Waals surface area contributed by atoms with E-state index in [1.54, 1.807) is 11.1 Å². The van der Waals surface area contributed by atoms with Crippen LogP contribution in [0.1, 0.15) is 5.56 Å². The van der Waals surface area contributed by atoms with Crippen molar-refractivity contribution in [3.05, 3.63) is 47.0 Å². The molecule has 1 aromatic heterocycles. The molecule has 0 spiro atoms. The number of amides is 1. The number of hydrogen-bond acceptors (Lipinski definition) is 6. The highest BCUT2D eigenvalue weighted by Crippen LogP contribution is 2.33. The van der Waals surface area contributed by atoms with Crippen molar-refractivity contribution >= 4 is 51.2 Å². The second-order valence-electron chi connectivity index (χ2n) is 6.21. The van der Waals surface area contributed by atoms with E-state index in [9.17, 15) is 4.79 Å². The van der Waals surface area contributed by atoms with Gasteiger partial charge in [0.2, 0.25) is 0 Å². The number of nitrogens with zero attached hydrogens (tertiary/aromatic N) is 3. The Labute approximate surface area is 162 Å². The predicted molar refractivity (Wildman–Crippen MR) is 109 cm³/mol. The molecule has 0 N–H and O–H groups in total. The summed E-state index contributed by atoms with van der Waals surface area (Å²) in [5.74, 6) is -0.0128. The van der Waals surface area contributed by atoms with Crippen LogP contribution in [0, 0.1) is 0 Å². The van der Waals surface area contributed by atoms with Crippen LogP contribution in [0.4, 0.5) is 0 Å². The Morgan fingerprint density at radius 2 is 2.00 bits per heavy atom. The Hall–Kier alpha value is -1.80. The first-order valence-corrected chi connectivity index (χ1v) is 9.84. The molecular formula is C19H19N3O2S2. The van der Waals surface area contributed by atoms with E-state index in [1.807, 2.05) is 36.4 Å². The summed E-state index contributed by atoms with van der Waals surface area (Å²) in [5.41, 5.74) is 1.84. The van der Waals surface area contributed by atoms with Gasteiger partial charge in [-0.2, -0.15) is 0 Å². The zero-order valence-corrected chi connectivity index (χ0v) is 15.9. The summed E-state index contributed by atoms with van der Waals surface area (Å²) in [6, 6.07) is 9.92. The van der Waals surface area contributed by atoms with Crippen molar-refractivity contribution in [1.82, 2.24) is 14.8 Å². The molecular weight excluding hydrogens is 366 g/mol. The third kappa shape index (κ3) is 3.66. The molecule has 2 saturated heterocycles. The van der Waals surface area contributed by atoms with E-state index in [4.69, 9.17) is 17.0 Å². The standard InChI is InChI=1S/C19H19N3O2S2/c23-18-16(13-15-4-1-3-14-5-2-6-20-17(14)15)26-19(25)22(18)8-7-21-9-11-24-12-10-21/h1-6,13H,7-12H2/b16-13-. The molecule has 5 nitrogen and oxygen atoms in total. The molecule has 1 aromatic carbocycles. The maximum Gasteiger partial charge on any atom is 0.266 e. The van der Waals surface area contributed by atoms with Crippen LogP contribution in [-0.2, 0) is 9.53 Å². The zero-order valence-electron chi connectivity index (χ0n) is 14.3. The van der Waals surface area contributed by atoms with Crippen molar-refractivity contribution in [1.29, 1.82) is 0 Å². The van der Waals surface area contributed by atoms with Gasteiger partial charge in [-0.3, -0.25) is 19.6 Å². The molecule has 26 heavy (non-hydrogen) atoms. The quantitative estimate of drug-likeness (QED) is 0.596. The molecule has 3 heterocycles. The molecule has 4 rings (SSSR count). The van der Waals surface area contributed by atoms with Gasteiger partial charge in [0.05, 0.1) is 23.6 Å². The fraction of sp³-hybridized carbons (Fsp3) is 0.316. The second kappa shape index (κ2) is 7.84. The minimum absolute atomic E-state index is 0.0128. The summed E-state index contributed by atoms with van der Waals surface area (Å²) in [5, 5.41) is 1.06. The first-order chi connectivity index (χ1) is 12.7. The van der Waals surface area contributed by atoms with Crippen LogP contribution in [0.25, 0.3) is 17.0 Å². The number of thioether (sulfide) groups is 1. The lowest BCUT2D eigenvalue weighted by Crippen LogP contribution is -2.42. The molecule has 2 aliphatic heterocycles. The van der Waals surface area contributed by atoms with Gasteiger partial charge in [-0.25, -0.2) is 0 Å². The van der Waals surface area contributed by atoms with Gasteiger partial charge in [0.15, 0.2) is 0 Å². The normalized spacial score (nSPS) is 20.5. The highest BCUT2D eigenvalue weighted by atomic mass is 32.2. The Morgan fingerprint density at radius 1 is 1.19 bits per heavy atom. The predicted octanol–water partition coefficient (Wildman–Crippen LogP) is 2.77. The van der Waals surface area contributed by atoms with Crippen LogP contribution >= 0.6 is 24.0 Å². The Morgan fingerprint density at radius 3 is 2.85 bits per heavy atom. The summed E-state index contributed by atoms with van der Waals surface area (Å²) in [7, 11) is 0. The van der Waals surface area contributed by atoms with E-state index in [1.165, 1.54) is 11.8 Å². The monoisotopic (exact) mass is 385 g/mol. The van der Waals surface area contributed by atoms with Crippen molar-refractivity contribution < 1.29 is 9.53 Å². The number of carbonyl (C=O) groups excluding carboxylic acids is 1. The SMILES string of the molecule is O=C1/C(=C/c2cccc3cccnc23)SC(=S)N1CCN1CCOCC1. The molecule has 0 aliphatic carbocycles. The van der Waals surface area contributed by atoms with E-state index >= 15 is 0 Å². The van der Waals surface area contributed by atoms with Gasteiger partial charge >= 0.3 is 0 Å². The lowest BCUT2D eigenvalue weighted by Gasteiger charge is -2.28. The molecule has 0 saturated carbocycles. The molecule has 2 aromatic rings.